The molecule has 0 unspecified atom stereocenters. The minimum Gasteiger partial charge on any atom is -0.384 e. The number of carbonyl (C=O) groups excluding carboxylic acids is 1. The summed E-state index contributed by atoms with van der Waals surface area (Å²) >= 11 is 0. The Hall–Kier alpha value is -1.67. The van der Waals surface area contributed by atoms with Crippen molar-refractivity contribution in [1.29, 1.82) is 0 Å². The van der Waals surface area contributed by atoms with Gasteiger partial charge >= 0.3 is 0 Å². The number of fused-ring (bicyclic) bond motifs is 1. The molecule has 0 spiro atoms. The number of hydrogen-bond donors (Lipinski definition) is 1. The SMILES string of the molecule is CCCN1CCN(C(=O)c2ccnc(N)c2)[C@H]2CS(=O)(=O)C[C@H]21. The topological polar surface area (TPSA) is 96.6 Å². The Morgan fingerprint density at radius 1 is 1.35 bits per heavy atom. The van der Waals surface area contributed by atoms with Crippen molar-refractivity contribution in [3.8, 4) is 0 Å². The van der Waals surface area contributed by atoms with E-state index in [-0.39, 0.29) is 35.3 Å². The maximum Gasteiger partial charge on any atom is 0.254 e. The fraction of sp³-hybridized carbons (Fsp3) is 0.600. The Kier molecular flexibility index (Phi) is 4.29. The van der Waals surface area contributed by atoms with Crippen molar-refractivity contribution in [1.82, 2.24) is 14.8 Å². The first-order chi connectivity index (χ1) is 10.9. The number of rotatable bonds is 3. The van der Waals surface area contributed by atoms with Crippen molar-refractivity contribution in [3.63, 3.8) is 0 Å². The first-order valence-corrected chi connectivity index (χ1v) is 9.70. The maximum absolute atomic E-state index is 12.8. The fourth-order valence-electron chi connectivity index (χ4n) is 3.59. The van der Waals surface area contributed by atoms with Gasteiger partial charge in [-0.05, 0) is 25.1 Å². The summed E-state index contributed by atoms with van der Waals surface area (Å²) in [4.78, 5) is 20.6. The number of aromatic nitrogens is 1. The molecule has 2 aliphatic rings. The molecule has 0 aromatic carbocycles. The van der Waals surface area contributed by atoms with Crippen molar-refractivity contribution in [2.45, 2.75) is 25.4 Å². The number of nitrogens with zero attached hydrogens (tertiary/aromatic N) is 3. The third-order valence-electron chi connectivity index (χ3n) is 4.59. The average molecular weight is 338 g/mol. The van der Waals surface area contributed by atoms with E-state index in [1.54, 1.807) is 17.0 Å². The summed E-state index contributed by atoms with van der Waals surface area (Å²) in [5, 5.41) is 0. The molecule has 3 rings (SSSR count). The number of hydrogen-bond acceptors (Lipinski definition) is 6. The summed E-state index contributed by atoms with van der Waals surface area (Å²) in [5.41, 5.74) is 6.11. The Balaban J connectivity index is 1.87. The molecular weight excluding hydrogens is 316 g/mol. The lowest BCUT2D eigenvalue weighted by molar-refractivity contribution is 0.0333. The lowest BCUT2D eigenvalue weighted by Crippen LogP contribution is -2.60. The molecule has 0 bridgehead atoms. The van der Waals surface area contributed by atoms with Gasteiger partial charge in [0.1, 0.15) is 5.82 Å². The van der Waals surface area contributed by atoms with Gasteiger partial charge in [0, 0.05) is 30.9 Å². The van der Waals surface area contributed by atoms with Crippen LogP contribution in [0.1, 0.15) is 23.7 Å². The number of pyridine rings is 1. The lowest BCUT2D eigenvalue weighted by Gasteiger charge is -2.43. The molecule has 2 aliphatic heterocycles. The zero-order valence-electron chi connectivity index (χ0n) is 13.2. The summed E-state index contributed by atoms with van der Waals surface area (Å²) in [6, 6.07) is 2.79. The maximum atomic E-state index is 12.8. The molecule has 2 atom stereocenters. The number of amides is 1. The van der Waals surface area contributed by atoms with Crippen LogP contribution in [0, 0.1) is 0 Å². The van der Waals surface area contributed by atoms with Gasteiger partial charge in [-0.1, -0.05) is 6.92 Å². The van der Waals surface area contributed by atoms with Crippen molar-refractivity contribution in [2.75, 3.05) is 36.9 Å². The molecule has 23 heavy (non-hydrogen) atoms. The lowest BCUT2D eigenvalue weighted by atomic mass is 10.0. The molecule has 1 aromatic heterocycles. The van der Waals surface area contributed by atoms with Crippen LogP contribution in [0.4, 0.5) is 5.82 Å². The average Bonchev–Trinajstić information content (AvgIpc) is 2.82. The summed E-state index contributed by atoms with van der Waals surface area (Å²) in [6.07, 6.45) is 2.47. The molecule has 0 radical (unpaired) electrons. The molecule has 2 fully saturated rings. The predicted octanol–water partition coefficient (Wildman–Crippen LogP) is -0.00280. The van der Waals surface area contributed by atoms with Crippen LogP contribution in [0.15, 0.2) is 18.3 Å². The largest absolute Gasteiger partial charge is 0.384 e. The Bertz CT molecular complexity index is 706. The molecule has 2 saturated heterocycles. The van der Waals surface area contributed by atoms with E-state index in [4.69, 9.17) is 5.73 Å². The molecule has 7 nitrogen and oxygen atoms in total. The zero-order chi connectivity index (χ0) is 16.6. The Labute approximate surface area is 136 Å². The summed E-state index contributed by atoms with van der Waals surface area (Å²) in [6.45, 7) is 4.19. The number of nitrogens with two attached hydrogens (primary N) is 1. The summed E-state index contributed by atoms with van der Waals surface area (Å²) < 4.78 is 24.2. The molecule has 1 amide bonds. The van der Waals surface area contributed by atoms with Crippen LogP contribution in [0.5, 0.6) is 0 Å². The van der Waals surface area contributed by atoms with E-state index < -0.39 is 9.84 Å². The monoisotopic (exact) mass is 338 g/mol. The second-order valence-electron chi connectivity index (χ2n) is 6.22. The van der Waals surface area contributed by atoms with Crippen molar-refractivity contribution in [2.24, 2.45) is 0 Å². The highest BCUT2D eigenvalue weighted by molar-refractivity contribution is 7.91. The molecule has 0 aliphatic carbocycles. The Morgan fingerprint density at radius 2 is 2.09 bits per heavy atom. The van der Waals surface area contributed by atoms with Gasteiger partial charge in [-0.3, -0.25) is 9.69 Å². The highest BCUT2D eigenvalue weighted by atomic mass is 32.2. The standard InChI is InChI=1S/C15H22N4O3S/c1-2-5-18-6-7-19(13-10-23(21,22)9-12(13)18)15(20)11-3-4-17-14(16)8-11/h3-4,8,12-13H,2,5-7,9-10H2,1H3,(H2,16,17)/t12-,13+/m1/s1. The van der Waals surface area contributed by atoms with Crippen molar-refractivity contribution < 1.29 is 13.2 Å². The number of carbonyl (C=O) groups is 1. The van der Waals surface area contributed by atoms with Gasteiger partial charge in [0.2, 0.25) is 0 Å². The van der Waals surface area contributed by atoms with Crippen molar-refractivity contribution >= 4 is 21.6 Å². The van der Waals surface area contributed by atoms with Gasteiger partial charge in [0.05, 0.1) is 17.5 Å². The molecule has 3 heterocycles. The van der Waals surface area contributed by atoms with Crippen LogP contribution in [0.3, 0.4) is 0 Å². The minimum absolute atomic E-state index is 0.0458. The number of sulfone groups is 1. The third kappa shape index (κ3) is 3.18. The third-order valence-corrected chi connectivity index (χ3v) is 6.29. The van der Waals surface area contributed by atoms with E-state index >= 15 is 0 Å². The van der Waals surface area contributed by atoms with Crippen LogP contribution in [0.2, 0.25) is 0 Å². The quantitative estimate of drug-likeness (QED) is 0.833. The van der Waals surface area contributed by atoms with E-state index in [0.717, 1.165) is 13.0 Å². The van der Waals surface area contributed by atoms with Crippen LogP contribution in [0.25, 0.3) is 0 Å². The van der Waals surface area contributed by atoms with E-state index in [1.807, 2.05) is 0 Å². The second kappa shape index (κ2) is 6.09. The molecule has 0 saturated carbocycles. The minimum atomic E-state index is -3.11. The summed E-state index contributed by atoms with van der Waals surface area (Å²) in [5.74, 6) is 0.308. The van der Waals surface area contributed by atoms with Gasteiger partial charge in [-0.2, -0.15) is 0 Å². The zero-order valence-corrected chi connectivity index (χ0v) is 14.0. The van der Waals surface area contributed by atoms with E-state index in [0.29, 0.717) is 18.7 Å². The van der Waals surface area contributed by atoms with Gasteiger partial charge in [-0.25, -0.2) is 13.4 Å². The Morgan fingerprint density at radius 3 is 2.78 bits per heavy atom. The summed E-state index contributed by atoms with van der Waals surface area (Å²) in [7, 11) is -3.11. The second-order valence-corrected chi connectivity index (χ2v) is 8.37. The first-order valence-electron chi connectivity index (χ1n) is 7.88. The van der Waals surface area contributed by atoms with E-state index in [1.165, 1.54) is 6.20 Å². The molecule has 8 heteroatoms. The van der Waals surface area contributed by atoms with E-state index in [9.17, 15) is 13.2 Å². The van der Waals surface area contributed by atoms with Gasteiger partial charge in [0.15, 0.2) is 9.84 Å². The van der Waals surface area contributed by atoms with E-state index in [2.05, 4.69) is 16.8 Å². The van der Waals surface area contributed by atoms with Crippen LogP contribution < -0.4 is 5.73 Å². The molecule has 1 aromatic rings. The number of anilines is 1. The van der Waals surface area contributed by atoms with Crippen LogP contribution in [-0.4, -0.2) is 72.3 Å². The van der Waals surface area contributed by atoms with Crippen LogP contribution >= 0.6 is 0 Å². The van der Waals surface area contributed by atoms with Gasteiger partial charge < -0.3 is 10.6 Å². The number of piperazine rings is 1. The van der Waals surface area contributed by atoms with Gasteiger partial charge in [0.25, 0.3) is 5.91 Å². The fourth-order valence-corrected chi connectivity index (χ4v) is 5.60. The number of nitrogen functional groups attached to an aromatic ring is 1. The smallest absolute Gasteiger partial charge is 0.254 e. The van der Waals surface area contributed by atoms with Crippen LogP contribution in [-0.2, 0) is 9.84 Å². The predicted molar refractivity (Wildman–Crippen MR) is 87.8 cm³/mol. The highest BCUT2D eigenvalue weighted by Crippen LogP contribution is 2.28. The normalized spacial score (nSPS) is 26.9. The van der Waals surface area contributed by atoms with Gasteiger partial charge in [-0.15, -0.1) is 0 Å². The first kappa shape index (κ1) is 16.2. The molecule has 2 N–H and O–H groups in total. The molecule has 126 valence electrons. The highest BCUT2D eigenvalue weighted by Gasteiger charge is 2.47. The molecular formula is C15H22N4O3S. The van der Waals surface area contributed by atoms with Crippen molar-refractivity contribution in [3.05, 3.63) is 23.9 Å².